The largest absolute Gasteiger partial charge is 0.497 e. The molecule has 8 heteroatoms. The zero-order chi connectivity index (χ0) is 21.3. The molecule has 0 saturated heterocycles. The molecule has 0 radical (unpaired) electrons. The summed E-state index contributed by atoms with van der Waals surface area (Å²) in [5.74, 6) is -0.132. The van der Waals surface area contributed by atoms with E-state index in [9.17, 15) is 9.59 Å². The number of para-hydroxylation sites is 2. The van der Waals surface area contributed by atoms with Gasteiger partial charge in [-0.25, -0.2) is 4.98 Å². The summed E-state index contributed by atoms with van der Waals surface area (Å²) < 4.78 is 10.7. The van der Waals surface area contributed by atoms with Gasteiger partial charge in [-0.2, -0.15) is 0 Å². The van der Waals surface area contributed by atoms with E-state index in [0.29, 0.717) is 23.0 Å². The van der Waals surface area contributed by atoms with E-state index in [-0.39, 0.29) is 11.7 Å². The Morgan fingerprint density at radius 2 is 1.93 bits per heavy atom. The molecule has 0 bridgehead atoms. The molecule has 158 valence electrons. The molecule has 0 aliphatic carbocycles. The van der Waals surface area contributed by atoms with Crippen molar-refractivity contribution in [2.45, 2.75) is 31.0 Å². The third kappa shape index (κ3) is 5.76. The van der Waals surface area contributed by atoms with Gasteiger partial charge in [0.25, 0.3) is 5.91 Å². The molecule has 0 spiro atoms. The topological polar surface area (TPSA) is 93.3 Å². The average molecular weight is 428 g/mol. The quantitative estimate of drug-likeness (QED) is 0.290. The molecule has 1 heterocycles. The van der Waals surface area contributed by atoms with Crippen LogP contribution in [0.15, 0.2) is 53.7 Å². The van der Waals surface area contributed by atoms with Gasteiger partial charge >= 0.3 is 5.97 Å². The van der Waals surface area contributed by atoms with Crippen LogP contribution in [0.3, 0.4) is 0 Å². The number of unbranched alkanes of at least 4 members (excludes halogenated alkanes) is 1. The highest BCUT2D eigenvalue weighted by atomic mass is 32.2. The molecule has 0 saturated carbocycles. The Morgan fingerprint density at radius 3 is 2.63 bits per heavy atom. The van der Waals surface area contributed by atoms with Crippen LogP contribution >= 0.6 is 11.8 Å². The van der Waals surface area contributed by atoms with Crippen molar-refractivity contribution in [1.29, 1.82) is 0 Å². The molecule has 3 rings (SSSR count). The van der Waals surface area contributed by atoms with Crippen molar-refractivity contribution in [3.63, 3.8) is 0 Å². The lowest BCUT2D eigenvalue weighted by Gasteiger charge is -2.18. The second-order valence-electron chi connectivity index (χ2n) is 6.64. The highest BCUT2D eigenvalue weighted by molar-refractivity contribution is 7.99. The monoisotopic (exact) mass is 427 g/mol. The second-order valence-corrected chi connectivity index (χ2v) is 7.60. The first kappa shape index (κ1) is 21.7. The van der Waals surface area contributed by atoms with Crippen molar-refractivity contribution in [3.05, 3.63) is 54.1 Å². The third-order valence-corrected chi connectivity index (χ3v) is 5.28. The summed E-state index contributed by atoms with van der Waals surface area (Å²) in [5, 5.41) is 3.46. The molecule has 1 aromatic heterocycles. The molecule has 2 aromatic carbocycles. The van der Waals surface area contributed by atoms with Gasteiger partial charge in [-0.15, -0.1) is 0 Å². The number of aromatic nitrogens is 2. The van der Waals surface area contributed by atoms with Crippen LogP contribution < -0.4 is 10.1 Å². The van der Waals surface area contributed by atoms with E-state index in [0.717, 1.165) is 23.9 Å². The summed E-state index contributed by atoms with van der Waals surface area (Å²) in [5.41, 5.74) is 2.33. The number of amides is 1. The fraction of sp³-hybridized carbons (Fsp3) is 0.318. The number of H-pyrrole nitrogens is 1. The van der Waals surface area contributed by atoms with Crippen LogP contribution in [0.1, 0.15) is 31.4 Å². The van der Waals surface area contributed by atoms with Crippen LogP contribution in [0, 0.1) is 0 Å². The summed E-state index contributed by atoms with van der Waals surface area (Å²) in [6.45, 7) is 2.58. The highest BCUT2D eigenvalue weighted by Gasteiger charge is 2.25. The number of imidazole rings is 1. The van der Waals surface area contributed by atoms with Gasteiger partial charge in [0.1, 0.15) is 5.75 Å². The van der Waals surface area contributed by atoms with Crippen LogP contribution in [0.25, 0.3) is 11.0 Å². The number of rotatable bonds is 10. The van der Waals surface area contributed by atoms with E-state index in [1.807, 2.05) is 31.2 Å². The number of nitrogens with one attached hydrogen (secondary N) is 2. The van der Waals surface area contributed by atoms with E-state index in [2.05, 4.69) is 15.3 Å². The van der Waals surface area contributed by atoms with Crippen molar-refractivity contribution < 1.29 is 19.1 Å². The molecular formula is C22H25N3O4S. The number of esters is 1. The van der Waals surface area contributed by atoms with Gasteiger partial charge in [-0.1, -0.05) is 49.4 Å². The number of aromatic amines is 1. The lowest BCUT2D eigenvalue weighted by atomic mass is 10.1. The van der Waals surface area contributed by atoms with Crippen molar-refractivity contribution in [2.24, 2.45) is 0 Å². The molecule has 0 fully saturated rings. The maximum Gasteiger partial charge on any atom is 0.317 e. The minimum atomic E-state index is -1.02. The summed E-state index contributed by atoms with van der Waals surface area (Å²) in [7, 11) is 1.57. The average Bonchev–Trinajstić information content (AvgIpc) is 3.19. The van der Waals surface area contributed by atoms with Gasteiger partial charge in [0.2, 0.25) is 6.10 Å². The summed E-state index contributed by atoms with van der Waals surface area (Å²) in [6, 6.07) is 14.6. The summed E-state index contributed by atoms with van der Waals surface area (Å²) >= 11 is 1.24. The first-order valence-electron chi connectivity index (χ1n) is 9.79. The molecule has 0 aliphatic rings. The normalized spacial score (nSPS) is 11.8. The Labute approximate surface area is 179 Å². The summed E-state index contributed by atoms with van der Waals surface area (Å²) in [6.07, 6.45) is 0.801. The lowest BCUT2D eigenvalue weighted by molar-refractivity contribution is -0.154. The number of carbonyl (C=O) groups is 2. The van der Waals surface area contributed by atoms with E-state index in [1.165, 1.54) is 11.8 Å². The lowest BCUT2D eigenvalue weighted by Crippen LogP contribution is -2.33. The van der Waals surface area contributed by atoms with Gasteiger partial charge in [-0.05, 0) is 30.7 Å². The van der Waals surface area contributed by atoms with Crippen LogP contribution in [-0.2, 0) is 14.3 Å². The van der Waals surface area contributed by atoms with Gasteiger partial charge in [0.05, 0.1) is 23.9 Å². The third-order valence-electron chi connectivity index (χ3n) is 4.43. The molecule has 1 unspecified atom stereocenters. The van der Waals surface area contributed by atoms with Gasteiger partial charge in [-0.3, -0.25) is 9.59 Å². The number of hydrogen-bond donors (Lipinski definition) is 2. The minimum absolute atomic E-state index is 0.0364. The number of thioether (sulfide) groups is 1. The molecule has 1 atom stereocenters. The first-order valence-corrected chi connectivity index (χ1v) is 10.8. The van der Waals surface area contributed by atoms with Crippen molar-refractivity contribution in [1.82, 2.24) is 15.3 Å². The number of fused-ring (bicyclic) bond motifs is 1. The molecule has 0 aliphatic heterocycles. The predicted molar refractivity (Wildman–Crippen MR) is 117 cm³/mol. The molecule has 2 N–H and O–H groups in total. The van der Waals surface area contributed by atoms with Crippen molar-refractivity contribution in [3.8, 4) is 5.75 Å². The number of hydrogen-bond acceptors (Lipinski definition) is 6. The molecule has 30 heavy (non-hydrogen) atoms. The Bertz CT molecular complexity index is 954. The van der Waals surface area contributed by atoms with E-state index in [4.69, 9.17) is 9.47 Å². The Hall–Kier alpha value is -3.00. The molecule has 3 aromatic rings. The van der Waals surface area contributed by atoms with Crippen molar-refractivity contribution >= 4 is 34.7 Å². The zero-order valence-electron chi connectivity index (χ0n) is 17.0. The first-order chi connectivity index (χ1) is 14.6. The van der Waals surface area contributed by atoms with Gasteiger partial charge < -0.3 is 19.8 Å². The number of benzene rings is 2. The second kappa shape index (κ2) is 10.7. The van der Waals surface area contributed by atoms with E-state index >= 15 is 0 Å². The van der Waals surface area contributed by atoms with E-state index < -0.39 is 12.1 Å². The number of ether oxygens (including phenoxy) is 2. The van der Waals surface area contributed by atoms with Gasteiger partial charge in [0.15, 0.2) is 5.16 Å². The Balaban J connectivity index is 1.65. The fourth-order valence-electron chi connectivity index (χ4n) is 2.82. The van der Waals surface area contributed by atoms with Crippen LogP contribution in [-0.4, -0.2) is 41.3 Å². The number of carbonyl (C=O) groups excluding carboxylic acids is 2. The predicted octanol–water partition coefficient (Wildman–Crippen LogP) is 3.86. The maximum atomic E-state index is 12.7. The standard InChI is InChI=1S/C22H25N3O4S/c1-3-4-13-23-21(27)20(15-9-11-16(28-2)12-10-15)29-19(26)14-30-22-24-17-7-5-6-8-18(17)25-22/h5-12,20H,3-4,13-14H2,1-2H3,(H,23,27)(H,24,25). The Kier molecular flexibility index (Phi) is 7.73. The maximum absolute atomic E-state index is 12.7. The SMILES string of the molecule is CCCCNC(=O)C(OC(=O)CSc1nc2ccccc2[nH]1)c1ccc(OC)cc1. The highest BCUT2D eigenvalue weighted by Crippen LogP contribution is 2.24. The number of methoxy groups -OCH3 is 1. The number of nitrogens with zero attached hydrogens (tertiary/aromatic N) is 1. The Morgan fingerprint density at radius 1 is 1.17 bits per heavy atom. The smallest absolute Gasteiger partial charge is 0.317 e. The molecule has 1 amide bonds. The molecule has 7 nitrogen and oxygen atoms in total. The fourth-order valence-corrected chi connectivity index (χ4v) is 3.49. The van der Waals surface area contributed by atoms with Crippen LogP contribution in [0.2, 0.25) is 0 Å². The van der Waals surface area contributed by atoms with Crippen molar-refractivity contribution in [2.75, 3.05) is 19.4 Å². The van der Waals surface area contributed by atoms with Crippen LogP contribution in [0.4, 0.5) is 0 Å². The summed E-state index contributed by atoms with van der Waals surface area (Å²) in [4.78, 5) is 32.7. The van der Waals surface area contributed by atoms with Crippen LogP contribution in [0.5, 0.6) is 5.75 Å². The minimum Gasteiger partial charge on any atom is -0.497 e. The zero-order valence-corrected chi connectivity index (χ0v) is 17.8. The van der Waals surface area contributed by atoms with Gasteiger partial charge in [0, 0.05) is 12.1 Å². The molecular weight excluding hydrogens is 402 g/mol. The van der Waals surface area contributed by atoms with E-state index in [1.54, 1.807) is 31.4 Å².